The summed E-state index contributed by atoms with van der Waals surface area (Å²) in [5.41, 5.74) is -3.46. The van der Waals surface area contributed by atoms with Gasteiger partial charge in [-0.2, -0.15) is 0 Å². The highest BCUT2D eigenvalue weighted by molar-refractivity contribution is 5.87. The topological polar surface area (TPSA) is 201 Å². The van der Waals surface area contributed by atoms with E-state index in [-0.39, 0.29) is 44.0 Å². The van der Waals surface area contributed by atoms with Crippen LogP contribution in [0.15, 0.2) is 22.8 Å². The molecule has 4 fully saturated rings. The number of carbonyl (C=O) groups excluding carboxylic acids is 1. The van der Waals surface area contributed by atoms with Gasteiger partial charge in [0.15, 0.2) is 16.9 Å². The Morgan fingerprint density at radius 1 is 1.06 bits per heavy atom. The first-order chi connectivity index (χ1) is 23.1. The summed E-state index contributed by atoms with van der Waals surface area (Å²) in [5, 5.41) is 71.9. The molecule has 268 valence electrons. The Hall–Kier alpha value is -2.49. The Morgan fingerprint density at radius 2 is 1.85 bits per heavy atom. The number of aliphatic hydroxyl groups excluding tert-OH is 4. The molecule has 13 heteroatoms. The minimum atomic E-state index is -2.32. The molecular formula is C35H51NO12. The fourth-order valence-electron chi connectivity index (χ4n) is 8.82. The average Bonchev–Trinajstić information content (AvgIpc) is 3.55. The highest BCUT2D eigenvalue weighted by Crippen LogP contribution is 2.58. The van der Waals surface area contributed by atoms with Gasteiger partial charge in [-0.05, 0) is 69.1 Å². The second-order valence-corrected chi connectivity index (χ2v) is 14.0. The van der Waals surface area contributed by atoms with Crippen molar-refractivity contribution in [2.45, 2.75) is 113 Å². The second kappa shape index (κ2) is 14.8. The quantitative estimate of drug-likeness (QED) is 0.119. The van der Waals surface area contributed by atoms with Crippen LogP contribution >= 0.6 is 0 Å². The van der Waals surface area contributed by atoms with E-state index < -0.39 is 72.7 Å². The number of ether oxygens (including phenoxy) is 4. The van der Waals surface area contributed by atoms with Gasteiger partial charge in [0.05, 0.1) is 25.6 Å². The number of nitrogens with one attached hydrogen (secondary N) is 1. The van der Waals surface area contributed by atoms with Crippen molar-refractivity contribution >= 4 is 16.9 Å². The SMILES string of the molecule is CCOC(=O)CCc1cc2ccoc2c(OCCNC2CCCCC2)c1OC1OC(CO)C2(O)CC3CCC(O)C(CO)C3C1(O)C2O. The Kier molecular flexibility index (Phi) is 10.9. The molecule has 13 nitrogen and oxygen atoms in total. The summed E-state index contributed by atoms with van der Waals surface area (Å²) >= 11 is 0. The van der Waals surface area contributed by atoms with E-state index in [2.05, 4.69) is 5.32 Å². The van der Waals surface area contributed by atoms with Gasteiger partial charge in [-0.25, -0.2) is 0 Å². The molecule has 4 aliphatic rings. The molecule has 1 saturated heterocycles. The zero-order chi connectivity index (χ0) is 34.1. The van der Waals surface area contributed by atoms with Crippen LogP contribution in [-0.2, 0) is 20.7 Å². The smallest absolute Gasteiger partial charge is 0.306 e. The van der Waals surface area contributed by atoms with Crippen molar-refractivity contribution in [3.05, 3.63) is 24.0 Å². The van der Waals surface area contributed by atoms with Gasteiger partial charge in [-0.1, -0.05) is 19.3 Å². The first kappa shape index (κ1) is 35.3. The molecule has 6 rings (SSSR count). The molecule has 0 amide bonds. The number of furan rings is 1. The van der Waals surface area contributed by atoms with E-state index in [9.17, 15) is 35.4 Å². The van der Waals surface area contributed by atoms with Crippen LogP contribution in [0, 0.1) is 17.8 Å². The van der Waals surface area contributed by atoms with Crippen molar-refractivity contribution in [3.63, 3.8) is 0 Å². The highest BCUT2D eigenvalue weighted by atomic mass is 16.7. The fourth-order valence-corrected chi connectivity index (χ4v) is 8.82. The van der Waals surface area contributed by atoms with Crippen LogP contribution in [0.2, 0.25) is 0 Å². The maximum Gasteiger partial charge on any atom is 0.306 e. The summed E-state index contributed by atoms with van der Waals surface area (Å²) in [6.07, 6.45) is 2.40. The molecule has 2 bridgehead atoms. The third-order valence-corrected chi connectivity index (χ3v) is 11.2. The monoisotopic (exact) mass is 677 g/mol. The molecule has 2 heterocycles. The summed E-state index contributed by atoms with van der Waals surface area (Å²) < 4.78 is 30.1. The van der Waals surface area contributed by atoms with Crippen LogP contribution in [0.1, 0.15) is 70.3 Å². The van der Waals surface area contributed by atoms with Gasteiger partial charge in [0.25, 0.3) is 0 Å². The van der Waals surface area contributed by atoms with Crippen molar-refractivity contribution in [2.24, 2.45) is 17.8 Å². The molecule has 7 N–H and O–H groups in total. The van der Waals surface area contributed by atoms with Crippen molar-refractivity contribution in [2.75, 3.05) is 33.0 Å². The molecule has 1 aromatic carbocycles. The lowest BCUT2D eigenvalue weighted by Gasteiger charge is -2.64. The minimum Gasteiger partial charge on any atom is -0.485 e. The molecule has 2 aromatic rings. The van der Waals surface area contributed by atoms with Crippen LogP contribution in [0.3, 0.4) is 0 Å². The predicted octanol–water partition coefficient (Wildman–Crippen LogP) is 1.55. The van der Waals surface area contributed by atoms with E-state index in [0.717, 1.165) is 12.8 Å². The number of carbonyl (C=O) groups is 1. The van der Waals surface area contributed by atoms with E-state index in [4.69, 9.17) is 23.4 Å². The van der Waals surface area contributed by atoms with E-state index in [1.807, 2.05) is 0 Å². The summed E-state index contributed by atoms with van der Waals surface area (Å²) in [4.78, 5) is 12.5. The molecule has 9 atom stereocenters. The minimum absolute atomic E-state index is 0.00614. The number of hydrogen-bond donors (Lipinski definition) is 7. The van der Waals surface area contributed by atoms with Gasteiger partial charge < -0.3 is 59.3 Å². The summed E-state index contributed by atoms with van der Waals surface area (Å²) in [7, 11) is 0. The number of hydrogen-bond acceptors (Lipinski definition) is 13. The van der Waals surface area contributed by atoms with Crippen LogP contribution in [0.4, 0.5) is 0 Å². The van der Waals surface area contributed by atoms with Crippen molar-refractivity contribution in [3.8, 4) is 11.5 Å². The zero-order valence-electron chi connectivity index (χ0n) is 27.6. The van der Waals surface area contributed by atoms with Gasteiger partial charge >= 0.3 is 5.97 Å². The summed E-state index contributed by atoms with van der Waals surface area (Å²) in [5.74, 6) is -2.30. The molecule has 0 spiro atoms. The standard InChI is InChI=1S/C35H51NO12/c1-2-44-27(40)11-9-20-16-21-12-14-45-29(21)31(46-15-13-36-23-6-4-3-5-7-23)30(20)48-33-35(43)28-22(8-10-25(39)24(28)18-37)17-34(42,32(35)41)26(19-38)47-33/h12,14,16,22-26,28,32-33,36-39,41-43H,2-11,13,15,17-19H2,1H3. The van der Waals surface area contributed by atoms with Crippen molar-refractivity contribution in [1.82, 2.24) is 5.32 Å². The van der Waals surface area contributed by atoms with Gasteiger partial charge in [0.2, 0.25) is 12.0 Å². The van der Waals surface area contributed by atoms with Crippen molar-refractivity contribution < 1.29 is 58.8 Å². The molecule has 48 heavy (non-hydrogen) atoms. The Balaban J connectivity index is 1.39. The maximum absolute atomic E-state index is 12.6. The van der Waals surface area contributed by atoms with E-state index in [0.29, 0.717) is 42.0 Å². The third kappa shape index (κ3) is 6.44. The Bertz CT molecular complexity index is 1400. The lowest BCUT2D eigenvalue weighted by Crippen LogP contribution is -2.81. The number of fused-ring (bicyclic) bond motifs is 5. The number of benzene rings is 1. The Morgan fingerprint density at radius 3 is 2.58 bits per heavy atom. The molecule has 3 aliphatic carbocycles. The average molecular weight is 678 g/mol. The normalized spacial score (nSPS) is 35.3. The van der Waals surface area contributed by atoms with E-state index >= 15 is 0 Å². The number of esters is 1. The van der Waals surface area contributed by atoms with Gasteiger partial charge in [-0.15, -0.1) is 0 Å². The van der Waals surface area contributed by atoms with Crippen LogP contribution in [0.25, 0.3) is 11.0 Å². The molecule has 1 aromatic heterocycles. The number of rotatable bonds is 13. The first-order valence-electron chi connectivity index (χ1n) is 17.5. The Labute approximate surface area is 280 Å². The van der Waals surface area contributed by atoms with Crippen LogP contribution in [-0.4, -0.2) is 111 Å². The molecule has 9 unspecified atom stereocenters. The first-order valence-corrected chi connectivity index (χ1v) is 17.5. The van der Waals surface area contributed by atoms with Gasteiger partial charge in [0, 0.05) is 42.8 Å². The number of aliphatic hydroxyl groups is 6. The molecular weight excluding hydrogens is 626 g/mol. The molecule has 0 radical (unpaired) electrons. The predicted molar refractivity (Wildman–Crippen MR) is 171 cm³/mol. The second-order valence-electron chi connectivity index (χ2n) is 14.0. The summed E-state index contributed by atoms with van der Waals surface area (Å²) in [6, 6.07) is 3.95. The van der Waals surface area contributed by atoms with Crippen LogP contribution in [0.5, 0.6) is 11.5 Å². The summed E-state index contributed by atoms with van der Waals surface area (Å²) in [6.45, 7) is 1.58. The van der Waals surface area contributed by atoms with Gasteiger partial charge in [0.1, 0.15) is 24.4 Å². The largest absolute Gasteiger partial charge is 0.485 e. The molecule has 1 aliphatic heterocycles. The lowest BCUT2D eigenvalue weighted by molar-refractivity contribution is -0.397. The van der Waals surface area contributed by atoms with Crippen molar-refractivity contribution in [1.29, 1.82) is 0 Å². The maximum atomic E-state index is 12.6. The lowest BCUT2D eigenvalue weighted by atomic mass is 9.51. The number of aryl methyl sites for hydroxylation is 1. The zero-order valence-corrected chi connectivity index (χ0v) is 27.6. The van der Waals surface area contributed by atoms with Gasteiger partial charge in [-0.3, -0.25) is 4.79 Å². The molecule has 3 saturated carbocycles. The third-order valence-electron chi connectivity index (χ3n) is 11.2. The van der Waals surface area contributed by atoms with Crippen LogP contribution < -0.4 is 14.8 Å². The fraction of sp³-hybridized carbons (Fsp3) is 0.743. The van der Waals surface area contributed by atoms with E-state index in [1.54, 1.807) is 19.1 Å². The highest BCUT2D eigenvalue weighted by Gasteiger charge is 2.73. The van der Waals surface area contributed by atoms with E-state index in [1.165, 1.54) is 25.5 Å².